The number of furan rings is 1. The standard InChI is InChI=1S/C31H32F2N4O6S/c1-34-31(40)27-22-13-19(11-17-12-20(16-35-15-17)30(39)36-28-23(33)5-4-6-25(28)38)24(37(2)44(3,41)42)14-26(22)43-29(27)18-7-9-21(32)10-8-18/h4-10,13-14,17,20,35,38H,11-12,15-16H2,1-3H3,(H,34,40)(H,36,39). The van der Waals surface area contributed by atoms with Crippen LogP contribution in [0.2, 0.25) is 0 Å². The lowest BCUT2D eigenvalue weighted by molar-refractivity contribution is -0.120. The van der Waals surface area contributed by atoms with Gasteiger partial charge < -0.3 is 25.5 Å². The number of nitrogens with one attached hydrogen (secondary N) is 3. The number of piperidine rings is 1. The summed E-state index contributed by atoms with van der Waals surface area (Å²) in [6.45, 7) is 0.847. The molecule has 5 rings (SSSR count). The lowest BCUT2D eigenvalue weighted by atomic mass is 9.85. The Morgan fingerprint density at radius 2 is 1.84 bits per heavy atom. The van der Waals surface area contributed by atoms with Gasteiger partial charge in [0.1, 0.15) is 28.6 Å². The summed E-state index contributed by atoms with van der Waals surface area (Å²) in [5.41, 5.74) is 1.59. The van der Waals surface area contributed by atoms with Gasteiger partial charge in [0.15, 0.2) is 5.82 Å². The van der Waals surface area contributed by atoms with Gasteiger partial charge in [-0.15, -0.1) is 0 Å². The molecule has 1 aliphatic heterocycles. The van der Waals surface area contributed by atoms with Gasteiger partial charge in [0.2, 0.25) is 15.9 Å². The van der Waals surface area contributed by atoms with Crippen LogP contribution in [0.5, 0.6) is 5.75 Å². The lowest BCUT2D eigenvalue weighted by Crippen LogP contribution is -2.42. The van der Waals surface area contributed by atoms with Crippen LogP contribution >= 0.6 is 0 Å². The number of carbonyl (C=O) groups excluding carboxylic acids is 2. The minimum atomic E-state index is -3.70. The Morgan fingerprint density at radius 1 is 1.11 bits per heavy atom. The number of phenolic OH excluding ortho intramolecular Hbond substituents is 1. The number of hydrogen-bond acceptors (Lipinski definition) is 7. The van der Waals surface area contributed by atoms with Crippen molar-refractivity contribution in [3.05, 3.63) is 77.4 Å². The van der Waals surface area contributed by atoms with Gasteiger partial charge >= 0.3 is 0 Å². The summed E-state index contributed by atoms with van der Waals surface area (Å²) in [6.07, 6.45) is 1.80. The average molecular weight is 627 g/mol. The summed E-state index contributed by atoms with van der Waals surface area (Å²) in [5.74, 6) is -3.00. The zero-order chi connectivity index (χ0) is 31.8. The number of hydrogen-bond donors (Lipinski definition) is 4. The maximum atomic E-state index is 14.2. The normalized spacial score (nSPS) is 16.9. The second kappa shape index (κ2) is 12.2. The fraction of sp³-hybridized carbons (Fsp3) is 0.290. The van der Waals surface area contributed by atoms with Crippen LogP contribution in [-0.4, -0.2) is 58.8 Å². The van der Waals surface area contributed by atoms with E-state index in [4.69, 9.17) is 4.42 Å². The van der Waals surface area contributed by atoms with Crippen LogP contribution in [0.15, 0.2) is 59.0 Å². The number of fused-ring (bicyclic) bond motifs is 1. The number of nitrogens with zero attached hydrogens (tertiary/aromatic N) is 1. The molecule has 1 fully saturated rings. The van der Waals surface area contributed by atoms with Crippen LogP contribution in [0.1, 0.15) is 22.3 Å². The predicted molar refractivity (Wildman–Crippen MR) is 163 cm³/mol. The van der Waals surface area contributed by atoms with E-state index in [1.54, 1.807) is 12.1 Å². The first-order chi connectivity index (χ1) is 20.9. The van der Waals surface area contributed by atoms with Gasteiger partial charge in [0.25, 0.3) is 5.91 Å². The number of sulfonamides is 1. The van der Waals surface area contributed by atoms with Crippen LogP contribution < -0.4 is 20.3 Å². The van der Waals surface area contributed by atoms with E-state index in [9.17, 15) is 31.9 Å². The Hall–Kier alpha value is -4.49. The van der Waals surface area contributed by atoms with Crippen molar-refractivity contribution in [2.45, 2.75) is 12.8 Å². The molecule has 4 N–H and O–H groups in total. The van der Waals surface area contributed by atoms with Gasteiger partial charge in [-0.25, -0.2) is 17.2 Å². The number of para-hydroxylation sites is 1. The molecule has 0 radical (unpaired) electrons. The van der Waals surface area contributed by atoms with Crippen LogP contribution in [-0.2, 0) is 21.2 Å². The van der Waals surface area contributed by atoms with Crippen molar-refractivity contribution >= 4 is 44.2 Å². The molecule has 2 unspecified atom stereocenters. The van der Waals surface area contributed by atoms with Gasteiger partial charge in [0, 0.05) is 37.7 Å². The van der Waals surface area contributed by atoms with Gasteiger partial charge in [-0.3, -0.25) is 13.9 Å². The molecule has 0 spiro atoms. The summed E-state index contributed by atoms with van der Waals surface area (Å²) in [6, 6.07) is 12.5. The number of carbonyl (C=O) groups is 2. The molecular weight excluding hydrogens is 594 g/mol. The van der Waals surface area contributed by atoms with Gasteiger partial charge in [0.05, 0.1) is 23.4 Å². The maximum Gasteiger partial charge on any atom is 0.255 e. The smallest absolute Gasteiger partial charge is 0.255 e. The third-order valence-corrected chi connectivity index (χ3v) is 9.04. The maximum absolute atomic E-state index is 14.2. The van der Waals surface area contributed by atoms with Crippen molar-refractivity contribution in [3.63, 3.8) is 0 Å². The number of benzene rings is 3. The van der Waals surface area contributed by atoms with E-state index < -0.39 is 39.4 Å². The van der Waals surface area contributed by atoms with Crippen molar-refractivity contribution < 1.29 is 36.3 Å². The molecule has 232 valence electrons. The average Bonchev–Trinajstić information content (AvgIpc) is 3.36. The molecule has 0 bridgehead atoms. The molecule has 44 heavy (non-hydrogen) atoms. The summed E-state index contributed by atoms with van der Waals surface area (Å²) in [7, 11) is -0.813. The SMILES string of the molecule is CNC(=O)c1c(-c2ccc(F)cc2)oc2cc(N(C)S(C)(=O)=O)c(CC3CNCC(C(=O)Nc4c(O)cccc4F)C3)cc12. The Morgan fingerprint density at radius 3 is 2.50 bits per heavy atom. The zero-order valence-corrected chi connectivity index (χ0v) is 25.1. The predicted octanol–water partition coefficient (Wildman–Crippen LogP) is 4.25. The van der Waals surface area contributed by atoms with Crippen molar-refractivity contribution in [1.82, 2.24) is 10.6 Å². The van der Waals surface area contributed by atoms with Crippen molar-refractivity contribution in [3.8, 4) is 17.1 Å². The van der Waals surface area contributed by atoms with Crippen molar-refractivity contribution in [1.29, 1.82) is 0 Å². The number of halogens is 2. The summed E-state index contributed by atoms with van der Waals surface area (Å²) < 4.78 is 60.4. The van der Waals surface area contributed by atoms with Gasteiger partial charge in [-0.2, -0.15) is 0 Å². The third-order valence-electron chi connectivity index (χ3n) is 7.85. The molecule has 2 amide bonds. The highest BCUT2D eigenvalue weighted by Crippen LogP contribution is 2.39. The highest BCUT2D eigenvalue weighted by atomic mass is 32.2. The summed E-state index contributed by atoms with van der Waals surface area (Å²) >= 11 is 0. The molecule has 2 atom stereocenters. The van der Waals surface area contributed by atoms with Crippen LogP contribution in [0, 0.1) is 23.5 Å². The first kappa shape index (κ1) is 31.0. The number of rotatable bonds is 8. The van der Waals surface area contributed by atoms with E-state index in [2.05, 4.69) is 16.0 Å². The molecule has 1 aromatic heterocycles. The molecule has 1 saturated heterocycles. The zero-order valence-electron chi connectivity index (χ0n) is 24.3. The quantitative estimate of drug-likeness (QED) is 0.215. The first-order valence-corrected chi connectivity index (χ1v) is 15.7. The fourth-order valence-corrected chi connectivity index (χ4v) is 6.05. The van der Waals surface area contributed by atoms with Crippen molar-refractivity contribution in [2.75, 3.05) is 43.1 Å². The minimum absolute atomic E-state index is 0.148. The largest absolute Gasteiger partial charge is 0.506 e. The number of anilines is 2. The number of amides is 2. The Labute approximate surface area is 253 Å². The molecule has 0 saturated carbocycles. The third kappa shape index (κ3) is 6.24. The first-order valence-electron chi connectivity index (χ1n) is 13.9. The highest BCUT2D eigenvalue weighted by molar-refractivity contribution is 7.92. The fourth-order valence-electron chi connectivity index (χ4n) is 5.53. The molecule has 13 heteroatoms. The monoisotopic (exact) mass is 626 g/mol. The summed E-state index contributed by atoms with van der Waals surface area (Å²) in [4.78, 5) is 26.2. The van der Waals surface area contributed by atoms with E-state index in [0.29, 0.717) is 48.1 Å². The molecule has 3 aromatic carbocycles. The van der Waals surface area contributed by atoms with E-state index in [1.165, 1.54) is 50.5 Å². The Kier molecular flexibility index (Phi) is 8.62. The Balaban J connectivity index is 1.52. The second-order valence-electron chi connectivity index (χ2n) is 10.9. The molecule has 4 aromatic rings. The van der Waals surface area contributed by atoms with Crippen LogP contribution in [0.4, 0.5) is 20.2 Å². The molecule has 1 aliphatic rings. The number of phenols is 1. The van der Waals surface area contributed by atoms with E-state index in [1.807, 2.05) is 0 Å². The van der Waals surface area contributed by atoms with Crippen molar-refractivity contribution in [2.24, 2.45) is 11.8 Å². The van der Waals surface area contributed by atoms with E-state index >= 15 is 0 Å². The Bertz CT molecular complexity index is 1820. The van der Waals surface area contributed by atoms with Gasteiger partial charge in [-0.1, -0.05) is 6.07 Å². The minimum Gasteiger partial charge on any atom is -0.506 e. The molecule has 2 heterocycles. The second-order valence-corrected chi connectivity index (χ2v) is 12.9. The molecule has 0 aliphatic carbocycles. The topological polar surface area (TPSA) is 141 Å². The van der Waals surface area contributed by atoms with E-state index in [-0.39, 0.29) is 34.3 Å². The van der Waals surface area contributed by atoms with Crippen LogP contribution in [0.3, 0.4) is 0 Å². The van der Waals surface area contributed by atoms with Gasteiger partial charge in [-0.05, 0) is 73.3 Å². The van der Waals surface area contributed by atoms with E-state index in [0.717, 1.165) is 16.6 Å². The molecular formula is C31H32F2N4O6S. The van der Waals surface area contributed by atoms with Crippen LogP contribution in [0.25, 0.3) is 22.3 Å². The lowest BCUT2D eigenvalue weighted by Gasteiger charge is -2.30. The molecule has 10 nitrogen and oxygen atoms in total. The highest BCUT2D eigenvalue weighted by Gasteiger charge is 2.31. The number of aromatic hydroxyl groups is 1. The summed E-state index contributed by atoms with van der Waals surface area (Å²) in [5, 5.41) is 18.8.